The number of hydrogen-bond donors (Lipinski definition) is 2. The Labute approximate surface area is 202 Å². The molecular weight excluding hydrogens is 450 g/mol. The topological polar surface area (TPSA) is 89.2 Å². The van der Waals surface area contributed by atoms with Gasteiger partial charge >= 0.3 is 0 Å². The van der Waals surface area contributed by atoms with Crippen molar-refractivity contribution in [3.05, 3.63) is 83.0 Å². The third-order valence-corrected chi connectivity index (χ3v) is 5.82. The zero-order valence-corrected chi connectivity index (χ0v) is 19.6. The van der Waals surface area contributed by atoms with E-state index >= 15 is 0 Å². The van der Waals surface area contributed by atoms with E-state index in [0.29, 0.717) is 23.4 Å². The van der Waals surface area contributed by atoms with Crippen molar-refractivity contribution >= 4 is 35.3 Å². The smallest absolute Gasteiger partial charge is 0.229 e. The van der Waals surface area contributed by atoms with Crippen LogP contribution in [0.15, 0.2) is 66.0 Å². The minimum atomic E-state index is 0.0602. The van der Waals surface area contributed by atoms with Gasteiger partial charge in [0, 0.05) is 36.6 Å². The second-order valence-electron chi connectivity index (χ2n) is 7.80. The van der Waals surface area contributed by atoms with Crippen LogP contribution < -0.4 is 15.4 Å². The molecule has 2 N–H and O–H groups in total. The molecule has 172 valence electrons. The van der Waals surface area contributed by atoms with Gasteiger partial charge in [-0.05, 0) is 24.6 Å². The van der Waals surface area contributed by atoms with E-state index in [4.69, 9.17) is 26.3 Å². The predicted molar refractivity (Wildman–Crippen MR) is 135 cm³/mol. The van der Waals surface area contributed by atoms with Gasteiger partial charge in [0.25, 0.3) is 0 Å². The van der Waals surface area contributed by atoms with E-state index in [1.165, 1.54) is 5.56 Å². The Morgan fingerprint density at radius 3 is 2.74 bits per heavy atom. The molecular formula is C25H24ClN7O. The summed E-state index contributed by atoms with van der Waals surface area (Å²) in [5.74, 6) is 1.99. The Morgan fingerprint density at radius 1 is 1.15 bits per heavy atom. The number of imidazole rings is 1. The van der Waals surface area contributed by atoms with E-state index < -0.39 is 0 Å². The summed E-state index contributed by atoms with van der Waals surface area (Å²) < 4.78 is 7.43. The van der Waals surface area contributed by atoms with Crippen LogP contribution in [0.25, 0.3) is 5.69 Å². The predicted octanol–water partition coefficient (Wildman–Crippen LogP) is 5.06. The number of fused-ring (bicyclic) bond motifs is 1. The average molecular weight is 474 g/mol. The lowest BCUT2D eigenvalue weighted by atomic mass is 9.91. The first kappa shape index (κ1) is 21.9. The minimum Gasteiger partial charge on any atom is -0.494 e. The highest BCUT2D eigenvalue weighted by Gasteiger charge is 2.25. The molecule has 8 nitrogen and oxygen atoms in total. The molecule has 1 atom stereocenters. The van der Waals surface area contributed by atoms with Crippen molar-refractivity contribution in [3.8, 4) is 11.4 Å². The first-order valence-corrected chi connectivity index (χ1v) is 11.4. The minimum absolute atomic E-state index is 0.0602. The van der Waals surface area contributed by atoms with Crippen molar-refractivity contribution in [2.75, 3.05) is 30.8 Å². The molecule has 0 radical (unpaired) electrons. The molecule has 1 aliphatic heterocycles. The Hall–Kier alpha value is -3.91. The number of aliphatic imine (C=N–C) groups is 1. The quantitative estimate of drug-likeness (QED) is 0.390. The van der Waals surface area contributed by atoms with Crippen molar-refractivity contribution in [1.29, 1.82) is 0 Å². The van der Waals surface area contributed by atoms with E-state index in [9.17, 15) is 0 Å². The lowest BCUT2D eigenvalue weighted by Crippen LogP contribution is -2.19. The van der Waals surface area contributed by atoms with Gasteiger partial charge in [0.15, 0.2) is 0 Å². The maximum absolute atomic E-state index is 5.98. The van der Waals surface area contributed by atoms with E-state index in [1.807, 2.05) is 54.1 Å². The van der Waals surface area contributed by atoms with E-state index in [0.717, 1.165) is 35.0 Å². The zero-order chi connectivity index (χ0) is 23.5. The number of methoxy groups -OCH3 is 1. The van der Waals surface area contributed by atoms with Gasteiger partial charge in [0.1, 0.15) is 23.0 Å². The maximum Gasteiger partial charge on any atom is 0.229 e. The standard InChI is InChI=1S/C25H24ClN7O/c1-3-28-24-19-13-27-12-18(16-7-5-4-6-8-16)23(19)31-25(32-24)30-17-9-10-20(21(11-17)34-2)33-14-22(26)29-15-33/h4-11,13-15,18H,3,12H2,1-2H3,(H2,28,30,31,32). The molecule has 2 aromatic heterocycles. The summed E-state index contributed by atoms with van der Waals surface area (Å²) in [5, 5.41) is 7.12. The van der Waals surface area contributed by atoms with E-state index in [-0.39, 0.29) is 5.92 Å². The molecule has 0 fully saturated rings. The van der Waals surface area contributed by atoms with Crippen LogP contribution >= 0.6 is 11.6 Å². The molecule has 4 aromatic rings. The summed E-state index contributed by atoms with van der Waals surface area (Å²) in [6.45, 7) is 3.43. The monoisotopic (exact) mass is 473 g/mol. The number of aromatic nitrogens is 4. The van der Waals surface area contributed by atoms with Crippen LogP contribution in [0.4, 0.5) is 17.5 Å². The van der Waals surface area contributed by atoms with Gasteiger partial charge in [0.05, 0.1) is 30.6 Å². The molecule has 9 heteroatoms. The van der Waals surface area contributed by atoms with Crippen LogP contribution in [-0.2, 0) is 0 Å². The molecule has 1 unspecified atom stereocenters. The number of benzene rings is 2. The molecule has 0 bridgehead atoms. The fraction of sp³-hybridized carbons (Fsp3) is 0.200. The summed E-state index contributed by atoms with van der Waals surface area (Å²) in [5.41, 5.74) is 4.68. The first-order valence-electron chi connectivity index (χ1n) is 11.0. The van der Waals surface area contributed by atoms with E-state index in [2.05, 4.69) is 32.7 Å². The van der Waals surface area contributed by atoms with Gasteiger partial charge in [-0.1, -0.05) is 41.9 Å². The lowest BCUT2D eigenvalue weighted by molar-refractivity contribution is 0.413. The molecule has 0 amide bonds. The number of rotatable bonds is 7. The fourth-order valence-corrected chi connectivity index (χ4v) is 4.20. The summed E-state index contributed by atoms with van der Waals surface area (Å²) in [4.78, 5) is 18.3. The number of anilines is 3. The molecule has 5 rings (SSSR count). The van der Waals surface area contributed by atoms with Gasteiger partial charge in [-0.25, -0.2) is 9.97 Å². The zero-order valence-electron chi connectivity index (χ0n) is 18.9. The molecule has 0 spiro atoms. The second kappa shape index (κ2) is 9.52. The van der Waals surface area contributed by atoms with Gasteiger partial charge in [-0.15, -0.1) is 0 Å². The average Bonchev–Trinajstić information content (AvgIpc) is 3.30. The first-order chi connectivity index (χ1) is 16.7. The third kappa shape index (κ3) is 4.32. The van der Waals surface area contributed by atoms with Crippen molar-refractivity contribution in [2.24, 2.45) is 4.99 Å². The Balaban J connectivity index is 1.52. The summed E-state index contributed by atoms with van der Waals surface area (Å²) in [6, 6.07) is 16.1. The van der Waals surface area contributed by atoms with E-state index in [1.54, 1.807) is 19.6 Å². The van der Waals surface area contributed by atoms with Crippen LogP contribution in [0, 0.1) is 0 Å². The molecule has 0 aliphatic carbocycles. The SMILES string of the molecule is CCNc1nc(Nc2ccc(-n3cnc(Cl)c3)c(OC)c2)nc2c1C=NCC2c1ccccc1. The van der Waals surface area contributed by atoms with Crippen LogP contribution in [0.2, 0.25) is 5.15 Å². The van der Waals surface area contributed by atoms with Gasteiger partial charge in [-0.2, -0.15) is 4.98 Å². The normalized spacial score (nSPS) is 14.5. The van der Waals surface area contributed by atoms with Crippen LogP contribution in [0.1, 0.15) is 29.7 Å². The maximum atomic E-state index is 5.98. The number of nitrogens with one attached hydrogen (secondary N) is 2. The van der Waals surface area contributed by atoms with Gasteiger partial charge in [0.2, 0.25) is 5.95 Å². The molecule has 0 saturated carbocycles. The Kier molecular flexibility index (Phi) is 6.14. The highest BCUT2D eigenvalue weighted by atomic mass is 35.5. The highest BCUT2D eigenvalue weighted by Crippen LogP contribution is 2.34. The number of halogens is 1. The molecule has 3 heterocycles. The van der Waals surface area contributed by atoms with Crippen molar-refractivity contribution < 1.29 is 4.74 Å². The van der Waals surface area contributed by atoms with Crippen LogP contribution in [0.5, 0.6) is 5.75 Å². The fourth-order valence-electron chi connectivity index (χ4n) is 4.05. The molecule has 0 saturated heterocycles. The summed E-state index contributed by atoms with van der Waals surface area (Å²) in [7, 11) is 1.63. The number of hydrogen-bond acceptors (Lipinski definition) is 7. The summed E-state index contributed by atoms with van der Waals surface area (Å²) >= 11 is 5.98. The van der Waals surface area contributed by atoms with Gasteiger partial charge < -0.3 is 19.9 Å². The van der Waals surface area contributed by atoms with Crippen molar-refractivity contribution in [2.45, 2.75) is 12.8 Å². The number of nitrogens with zero attached hydrogens (tertiary/aromatic N) is 5. The molecule has 34 heavy (non-hydrogen) atoms. The molecule has 2 aromatic carbocycles. The van der Waals surface area contributed by atoms with Crippen LogP contribution in [-0.4, -0.2) is 45.9 Å². The van der Waals surface area contributed by atoms with Gasteiger partial charge in [-0.3, -0.25) is 4.99 Å². The van der Waals surface area contributed by atoms with Crippen molar-refractivity contribution in [1.82, 2.24) is 19.5 Å². The Bertz CT molecular complexity index is 1340. The number of ether oxygens (including phenoxy) is 1. The second-order valence-corrected chi connectivity index (χ2v) is 8.19. The third-order valence-electron chi connectivity index (χ3n) is 5.62. The lowest BCUT2D eigenvalue weighted by Gasteiger charge is -2.23. The Morgan fingerprint density at radius 2 is 2.00 bits per heavy atom. The van der Waals surface area contributed by atoms with Crippen molar-refractivity contribution in [3.63, 3.8) is 0 Å². The highest BCUT2D eigenvalue weighted by molar-refractivity contribution is 6.29. The van der Waals surface area contributed by atoms with Crippen LogP contribution in [0.3, 0.4) is 0 Å². The largest absolute Gasteiger partial charge is 0.494 e. The summed E-state index contributed by atoms with van der Waals surface area (Å²) in [6.07, 6.45) is 5.24. The molecule has 1 aliphatic rings.